The second kappa shape index (κ2) is 7.32. The minimum absolute atomic E-state index is 0.0329. The number of carbonyl (C=O) groups excluding carboxylic acids is 1. The van der Waals surface area contributed by atoms with Crippen molar-refractivity contribution in [2.75, 3.05) is 26.7 Å². The van der Waals surface area contributed by atoms with Crippen molar-refractivity contribution in [1.82, 2.24) is 10.2 Å². The van der Waals surface area contributed by atoms with Gasteiger partial charge in [-0.2, -0.15) is 0 Å². The first-order valence-corrected chi connectivity index (χ1v) is 8.60. The van der Waals surface area contributed by atoms with E-state index < -0.39 is 0 Å². The van der Waals surface area contributed by atoms with E-state index in [0.717, 1.165) is 56.6 Å². The Morgan fingerprint density at radius 2 is 2.17 bits per heavy atom. The zero-order chi connectivity index (χ0) is 16.2. The number of benzene rings is 1. The van der Waals surface area contributed by atoms with Gasteiger partial charge in [0.15, 0.2) is 0 Å². The van der Waals surface area contributed by atoms with Crippen LogP contribution in [0.1, 0.15) is 37.3 Å². The molecule has 2 aliphatic rings. The Morgan fingerprint density at radius 1 is 1.35 bits per heavy atom. The van der Waals surface area contributed by atoms with Crippen LogP contribution in [0.2, 0.25) is 0 Å². The van der Waals surface area contributed by atoms with Gasteiger partial charge in [-0.05, 0) is 25.3 Å². The topological polar surface area (TPSA) is 67.6 Å². The van der Waals surface area contributed by atoms with Gasteiger partial charge >= 0.3 is 0 Å². The maximum absolute atomic E-state index is 13.1. The van der Waals surface area contributed by atoms with E-state index >= 15 is 0 Å². The van der Waals surface area contributed by atoms with Crippen molar-refractivity contribution < 1.29 is 9.53 Å². The van der Waals surface area contributed by atoms with E-state index in [1.165, 1.54) is 0 Å². The summed E-state index contributed by atoms with van der Waals surface area (Å²) in [6, 6.07) is 8.19. The molecule has 5 nitrogen and oxygen atoms in total. The average Bonchev–Trinajstić information content (AvgIpc) is 2.61. The van der Waals surface area contributed by atoms with Gasteiger partial charge in [0.25, 0.3) is 0 Å². The minimum Gasteiger partial charge on any atom is -0.496 e. The van der Waals surface area contributed by atoms with Crippen LogP contribution in [0.3, 0.4) is 0 Å². The summed E-state index contributed by atoms with van der Waals surface area (Å²) in [5, 5.41) is 3.41. The van der Waals surface area contributed by atoms with E-state index in [4.69, 9.17) is 10.5 Å². The molecule has 0 bridgehead atoms. The number of rotatable bonds is 3. The number of nitrogens with one attached hydrogen (secondary N) is 1. The van der Waals surface area contributed by atoms with Crippen LogP contribution >= 0.6 is 0 Å². The first kappa shape index (κ1) is 16.3. The van der Waals surface area contributed by atoms with E-state index in [9.17, 15) is 4.79 Å². The third-order valence-electron chi connectivity index (χ3n) is 5.09. The molecular weight excluding hydrogens is 290 g/mol. The second-order valence-corrected chi connectivity index (χ2v) is 6.62. The van der Waals surface area contributed by atoms with Crippen LogP contribution < -0.4 is 15.8 Å². The van der Waals surface area contributed by atoms with Gasteiger partial charge in [-0.1, -0.05) is 24.6 Å². The standard InChI is InChI=1S/C18H27N3O2/c1-23-17-8-3-2-7-15(17)16-12-20-9-10-21(16)18(22)13-5-4-6-14(19)11-13/h2-3,7-8,13-14,16,20H,4-6,9-12,19H2,1H3. The normalized spacial score (nSPS) is 28.4. The molecule has 1 aliphatic carbocycles. The second-order valence-electron chi connectivity index (χ2n) is 6.62. The number of methoxy groups -OCH3 is 1. The quantitative estimate of drug-likeness (QED) is 0.890. The zero-order valence-electron chi connectivity index (χ0n) is 13.8. The fourth-order valence-electron chi connectivity index (χ4n) is 3.87. The Kier molecular flexibility index (Phi) is 5.18. The number of hydrogen-bond donors (Lipinski definition) is 2. The SMILES string of the molecule is COc1ccccc1C1CNCCN1C(=O)C1CCCC(N)C1. The molecule has 3 unspecified atom stereocenters. The van der Waals surface area contributed by atoms with Crippen LogP contribution in [0.15, 0.2) is 24.3 Å². The van der Waals surface area contributed by atoms with E-state index in [0.29, 0.717) is 0 Å². The maximum atomic E-state index is 13.1. The summed E-state index contributed by atoms with van der Waals surface area (Å²) in [5.74, 6) is 1.19. The molecule has 126 valence electrons. The molecule has 1 saturated carbocycles. The van der Waals surface area contributed by atoms with Crippen molar-refractivity contribution in [3.8, 4) is 5.75 Å². The monoisotopic (exact) mass is 317 g/mol. The molecule has 1 aliphatic heterocycles. The van der Waals surface area contributed by atoms with Gasteiger partial charge in [0, 0.05) is 37.2 Å². The molecule has 1 saturated heterocycles. The lowest BCUT2D eigenvalue weighted by Gasteiger charge is -2.40. The van der Waals surface area contributed by atoms with E-state index in [1.807, 2.05) is 23.1 Å². The van der Waals surface area contributed by atoms with Crippen LogP contribution in [0.5, 0.6) is 5.75 Å². The molecule has 1 aromatic rings. The molecule has 1 amide bonds. The Morgan fingerprint density at radius 3 is 2.96 bits per heavy atom. The molecular formula is C18H27N3O2. The number of nitrogens with zero attached hydrogens (tertiary/aromatic N) is 1. The molecule has 2 fully saturated rings. The first-order chi connectivity index (χ1) is 11.2. The third-order valence-corrected chi connectivity index (χ3v) is 5.09. The molecule has 3 rings (SSSR count). The molecule has 3 N–H and O–H groups in total. The van der Waals surface area contributed by atoms with Crippen molar-refractivity contribution in [2.45, 2.75) is 37.8 Å². The number of nitrogens with two attached hydrogens (primary N) is 1. The largest absolute Gasteiger partial charge is 0.496 e. The smallest absolute Gasteiger partial charge is 0.226 e. The van der Waals surface area contributed by atoms with E-state index in [2.05, 4.69) is 11.4 Å². The Balaban J connectivity index is 1.82. The Hall–Kier alpha value is -1.59. The average molecular weight is 317 g/mol. The van der Waals surface area contributed by atoms with Crippen LogP contribution in [-0.2, 0) is 4.79 Å². The molecule has 0 aromatic heterocycles. The lowest BCUT2D eigenvalue weighted by molar-refractivity contribution is -0.140. The number of hydrogen-bond acceptors (Lipinski definition) is 4. The van der Waals surface area contributed by atoms with Gasteiger partial charge in [-0.25, -0.2) is 0 Å². The minimum atomic E-state index is 0.0329. The maximum Gasteiger partial charge on any atom is 0.226 e. The number of piperazine rings is 1. The number of amides is 1. The summed E-state index contributed by atoms with van der Waals surface area (Å²) >= 11 is 0. The molecule has 1 aromatic carbocycles. The van der Waals surface area contributed by atoms with Gasteiger partial charge in [-0.3, -0.25) is 4.79 Å². The summed E-state index contributed by atoms with van der Waals surface area (Å²) in [6.07, 6.45) is 3.89. The summed E-state index contributed by atoms with van der Waals surface area (Å²) in [5.41, 5.74) is 7.16. The van der Waals surface area contributed by atoms with Crippen molar-refractivity contribution in [1.29, 1.82) is 0 Å². The highest BCUT2D eigenvalue weighted by Gasteiger charge is 2.35. The van der Waals surface area contributed by atoms with Gasteiger partial charge in [0.05, 0.1) is 13.2 Å². The Bertz CT molecular complexity index is 549. The molecule has 0 radical (unpaired) electrons. The van der Waals surface area contributed by atoms with Crippen molar-refractivity contribution in [3.05, 3.63) is 29.8 Å². The summed E-state index contributed by atoms with van der Waals surface area (Å²) in [4.78, 5) is 15.1. The first-order valence-electron chi connectivity index (χ1n) is 8.60. The lowest BCUT2D eigenvalue weighted by Crippen LogP contribution is -2.51. The van der Waals surface area contributed by atoms with Crippen LogP contribution in [0, 0.1) is 5.92 Å². The molecule has 5 heteroatoms. The molecule has 1 heterocycles. The van der Waals surface area contributed by atoms with Crippen LogP contribution in [0.4, 0.5) is 0 Å². The lowest BCUT2D eigenvalue weighted by atomic mass is 9.84. The summed E-state index contributed by atoms with van der Waals surface area (Å²) in [6.45, 7) is 2.36. The third kappa shape index (κ3) is 3.51. The van der Waals surface area contributed by atoms with Crippen molar-refractivity contribution in [3.63, 3.8) is 0 Å². The van der Waals surface area contributed by atoms with Crippen LogP contribution in [0.25, 0.3) is 0 Å². The molecule has 0 spiro atoms. The van der Waals surface area contributed by atoms with Gasteiger partial charge in [-0.15, -0.1) is 0 Å². The fourth-order valence-corrected chi connectivity index (χ4v) is 3.87. The van der Waals surface area contributed by atoms with Gasteiger partial charge in [0.2, 0.25) is 5.91 Å². The number of carbonyl (C=O) groups is 1. The molecule has 23 heavy (non-hydrogen) atoms. The van der Waals surface area contributed by atoms with Crippen molar-refractivity contribution >= 4 is 5.91 Å². The van der Waals surface area contributed by atoms with E-state index in [-0.39, 0.29) is 23.9 Å². The molecule has 3 atom stereocenters. The van der Waals surface area contributed by atoms with E-state index in [1.54, 1.807) is 7.11 Å². The van der Waals surface area contributed by atoms with Crippen LogP contribution in [-0.4, -0.2) is 43.6 Å². The Labute approximate surface area is 138 Å². The number of para-hydroxylation sites is 1. The predicted molar refractivity (Wildman–Crippen MR) is 90.3 cm³/mol. The van der Waals surface area contributed by atoms with Crippen molar-refractivity contribution in [2.24, 2.45) is 11.7 Å². The number of ether oxygens (including phenoxy) is 1. The highest BCUT2D eigenvalue weighted by atomic mass is 16.5. The fraction of sp³-hybridized carbons (Fsp3) is 0.611. The highest BCUT2D eigenvalue weighted by Crippen LogP contribution is 2.33. The highest BCUT2D eigenvalue weighted by molar-refractivity contribution is 5.80. The summed E-state index contributed by atoms with van der Waals surface area (Å²) in [7, 11) is 1.68. The summed E-state index contributed by atoms with van der Waals surface area (Å²) < 4.78 is 5.50. The van der Waals surface area contributed by atoms with Gasteiger partial charge in [0.1, 0.15) is 5.75 Å². The predicted octanol–water partition coefficient (Wildman–Crippen LogP) is 1.69. The zero-order valence-corrected chi connectivity index (χ0v) is 13.8. The van der Waals surface area contributed by atoms with Gasteiger partial charge < -0.3 is 20.7 Å².